The average Bonchev–Trinajstić information content (AvgIpc) is 2.88. The zero-order valence-corrected chi connectivity index (χ0v) is 12.3. The van der Waals surface area contributed by atoms with Gasteiger partial charge < -0.3 is 5.21 Å². The molecule has 0 bridgehead atoms. The van der Waals surface area contributed by atoms with Crippen LogP contribution in [0.25, 0.3) is 6.08 Å². The lowest BCUT2D eigenvalue weighted by molar-refractivity contribution is -0.452. The molecule has 0 unspecified atom stereocenters. The maximum atomic E-state index is 12.1. The highest BCUT2D eigenvalue weighted by Crippen LogP contribution is 2.21. The van der Waals surface area contributed by atoms with Gasteiger partial charge >= 0.3 is 0 Å². The van der Waals surface area contributed by atoms with Crippen molar-refractivity contribution in [1.29, 1.82) is 0 Å². The molecule has 0 aromatic heterocycles. The zero-order valence-electron chi connectivity index (χ0n) is 11.6. The maximum Gasteiger partial charge on any atom is 0.195 e. The molecule has 1 atom stereocenters. The molecule has 0 aliphatic carbocycles. The van der Waals surface area contributed by atoms with Gasteiger partial charge in [0, 0.05) is 22.9 Å². The number of hydrogen-bond acceptors (Lipinski definition) is 1. The van der Waals surface area contributed by atoms with Gasteiger partial charge in [-0.1, -0.05) is 54.1 Å². The minimum atomic E-state index is 0.258. The lowest BCUT2D eigenvalue weighted by Crippen LogP contribution is -2.08. The standard InChI is InChI=1S/C18H16ClNO/c19-17-10-8-16(9-11-17)18-12-15(13-20(18)21)7-6-14-4-2-1-3-5-14/h1-11,15H,12-13H2/b7-6+/t15-/m0/s1. The highest BCUT2D eigenvalue weighted by Gasteiger charge is 2.27. The third kappa shape index (κ3) is 3.34. The molecule has 0 radical (unpaired) electrons. The van der Waals surface area contributed by atoms with Crippen LogP contribution in [-0.4, -0.2) is 17.0 Å². The Balaban J connectivity index is 1.71. The van der Waals surface area contributed by atoms with Gasteiger partial charge in [0.25, 0.3) is 0 Å². The van der Waals surface area contributed by atoms with Crippen LogP contribution in [0.4, 0.5) is 0 Å². The van der Waals surface area contributed by atoms with Crippen LogP contribution in [0.15, 0.2) is 60.7 Å². The fraction of sp³-hybridized carbons (Fsp3) is 0.167. The van der Waals surface area contributed by atoms with E-state index in [1.165, 1.54) is 0 Å². The van der Waals surface area contributed by atoms with Gasteiger partial charge in [-0.05, 0) is 29.8 Å². The molecular formula is C18H16ClNO. The Morgan fingerprint density at radius 3 is 2.48 bits per heavy atom. The first kappa shape index (κ1) is 13.9. The summed E-state index contributed by atoms with van der Waals surface area (Å²) >= 11 is 5.89. The smallest absolute Gasteiger partial charge is 0.195 e. The summed E-state index contributed by atoms with van der Waals surface area (Å²) in [4.78, 5) is 0. The van der Waals surface area contributed by atoms with Crippen LogP contribution in [0.2, 0.25) is 5.02 Å². The second kappa shape index (κ2) is 6.15. The van der Waals surface area contributed by atoms with E-state index in [2.05, 4.69) is 24.3 Å². The predicted octanol–water partition coefficient (Wildman–Crippen LogP) is 4.37. The van der Waals surface area contributed by atoms with Crippen LogP contribution in [0.1, 0.15) is 17.5 Å². The summed E-state index contributed by atoms with van der Waals surface area (Å²) in [5.74, 6) is 0.258. The summed E-state index contributed by atoms with van der Waals surface area (Å²) in [5, 5.41) is 12.8. The van der Waals surface area contributed by atoms with Gasteiger partial charge in [0.1, 0.15) is 0 Å². The van der Waals surface area contributed by atoms with Crippen molar-refractivity contribution >= 4 is 23.4 Å². The Labute approximate surface area is 129 Å². The van der Waals surface area contributed by atoms with Crippen molar-refractivity contribution in [2.24, 2.45) is 5.92 Å². The van der Waals surface area contributed by atoms with Gasteiger partial charge in [-0.15, -0.1) is 0 Å². The summed E-state index contributed by atoms with van der Waals surface area (Å²) < 4.78 is 1.10. The Kier molecular flexibility index (Phi) is 4.07. The summed E-state index contributed by atoms with van der Waals surface area (Å²) in [6.07, 6.45) is 4.99. The molecule has 0 amide bonds. The number of rotatable bonds is 3. The number of nitrogens with zero attached hydrogens (tertiary/aromatic N) is 1. The van der Waals surface area contributed by atoms with Crippen molar-refractivity contribution < 1.29 is 4.74 Å². The van der Waals surface area contributed by atoms with E-state index < -0.39 is 0 Å². The van der Waals surface area contributed by atoms with Crippen LogP contribution in [0.5, 0.6) is 0 Å². The molecule has 1 aliphatic heterocycles. The first-order valence-electron chi connectivity index (χ1n) is 7.02. The Morgan fingerprint density at radius 2 is 1.76 bits per heavy atom. The summed E-state index contributed by atoms with van der Waals surface area (Å²) in [6, 6.07) is 17.6. The Hall–Kier alpha value is -2.06. The molecule has 0 fully saturated rings. The molecule has 0 saturated carbocycles. The highest BCUT2D eigenvalue weighted by atomic mass is 35.5. The second-order valence-electron chi connectivity index (χ2n) is 5.25. The van der Waals surface area contributed by atoms with E-state index in [4.69, 9.17) is 11.6 Å². The average molecular weight is 298 g/mol. The topological polar surface area (TPSA) is 26.1 Å². The van der Waals surface area contributed by atoms with Crippen molar-refractivity contribution in [3.8, 4) is 0 Å². The number of halogens is 1. The summed E-state index contributed by atoms with van der Waals surface area (Å²) in [7, 11) is 0. The van der Waals surface area contributed by atoms with Crippen molar-refractivity contribution in [2.45, 2.75) is 6.42 Å². The van der Waals surface area contributed by atoms with Gasteiger partial charge in [-0.3, -0.25) is 0 Å². The first-order chi connectivity index (χ1) is 10.2. The summed E-state index contributed by atoms with van der Waals surface area (Å²) in [5.41, 5.74) is 2.97. The maximum absolute atomic E-state index is 12.1. The van der Waals surface area contributed by atoms with E-state index in [-0.39, 0.29) is 5.92 Å². The van der Waals surface area contributed by atoms with Gasteiger partial charge in [0.05, 0.1) is 0 Å². The molecule has 2 aromatic carbocycles. The third-order valence-electron chi connectivity index (χ3n) is 3.69. The molecule has 2 nitrogen and oxygen atoms in total. The van der Waals surface area contributed by atoms with Crippen molar-refractivity contribution in [3.63, 3.8) is 0 Å². The monoisotopic (exact) mass is 297 g/mol. The third-order valence-corrected chi connectivity index (χ3v) is 3.95. The molecule has 3 heteroatoms. The molecule has 0 saturated heterocycles. The lowest BCUT2D eigenvalue weighted by atomic mass is 10.00. The molecule has 21 heavy (non-hydrogen) atoms. The van der Waals surface area contributed by atoms with E-state index >= 15 is 0 Å². The highest BCUT2D eigenvalue weighted by molar-refractivity contribution is 6.30. The van der Waals surface area contributed by atoms with Crippen molar-refractivity contribution in [1.82, 2.24) is 0 Å². The molecular weight excluding hydrogens is 282 g/mol. The molecule has 2 aromatic rings. The zero-order chi connectivity index (χ0) is 14.7. The normalized spacial score (nSPS) is 18.6. The van der Waals surface area contributed by atoms with Gasteiger partial charge in [-0.2, -0.15) is 0 Å². The largest absolute Gasteiger partial charge is 0.624 e. The number of hydrogen-bond donors (Lipinski definition) is 0. The molecule has 1 aliphatic rings. The van der Waals surface area contributed by atoms with Gasteiger partial charge in [0.2, 0.25) is 0 Å². The molecule has 0 spiro atoms. The fourth-order valence-corrected chi connectivity index (χ4v) is 2.71. The second-order valence-corrected chi connectivity index (χ2v) is 5.69. The molecule has 1 heterocycles. The van der Waals surface area contributed by atoms with Crippen molar-refractivity contribution in [3.05, 3.63) is 82.0 Å². The minimum absolute atomic E-state index is 0.258. The van der Waals surface area contributed by atoms with Crippen LogP contribution < -0.4 is 0 Å². The molecule has 3 rings (SSSR count). The van der Waals surface area contributed by atoms with Crippen LogP contribution in [0, 0.1) is 11.1 Å². The Bertz CT molecular complexity index is 674. The van der Waals surface area contributed by atoms with E-state index in [0.29, 0.717) is 11.6 Å². The number of benzene rings is 2. The van der Waals surface area contributed by atoms with Gasteiger partial charge in [0.15, 0.2) is 12.3 Å². The lowest BCUT2D eigenvalue weighted by Gasteiger charge is -2.02. The molecule has 106 valence electrons. The minimum Gasteiger partial charge on any atom is -0.624 e. The molecule has 0 N–H and O–H groups in total. The van der Waals surface area contributed by atoms with E-state index in [0.717, 1.165) is 28.0 Å². The van der Waals surface area contributed by atoms with Gasteiger partial charge in [-0.25, -0.2) is 4.74 Å². The van der Waals surface area contributed by atoms with E-state index in [9.17, 15) is 5.21 Å². The summed E-state index contributed by atoms with van der Waals surface area (Å²) in [6.45, 7) is 0.515. The first-order valence-corrected chi connectivity index (χ1v) is 7.40. The predicted molar refractivity (Wildman–Crippen MR) is 87.6 cm³/mol. The van der Waals surface area contributed by atoms with Crippen LogP contribution >= 0.6 is 11.6 Å². The Morgan fingerprint density at radius 1 is 1.05 bits per heavy atom. The van der Waals surface area contributed by atoms with Crippen LogP contribution in [-0.2, 0) is 0 Å². The fourth-order valence-electron chi connectivity index (χ4n) is 2.58. The van der Waals surface area contributed by atoms with E-state index in [1.807, 2.05) is 42.5 Å². The quantitative estimate of drug-likeness (QED) is 0.610. The van der Waals surface area contributed by atoms with Crippen LogP contribution in [0.3, 0.4) is 0 Å². The SMILES string of the molecule is [O-][N+]1=C(c2ccc(Cl)cc2)C[C@H](/C=C/c2ccccc2)C1. The van der Waals surface area contributed by atoms with E-state index in [1.54, 1.807) is 0 Å². The number of hydroxylamine groups is 1. The van der Waals surface area contributed by atoms with Crippen molar-refractivity contribution in [2.75, 3.05) is 6.54 Å².